The van der Waals surface area contributed by atoms with E-state index in [0.717, 1.165) is 36.2 Å². The van der Waals surface area contributed by atoms with Gasteiger partial charge in [-0.2, -0.15) is 0 Å². The highest BCUT2D eigenvalue weighted by Crippen LogP contribution is 2.20. The maximum atomic E-state index is 11.7. The Bertz CT molecular complexity index is 848. The van der Waals surface area contributed by atoms with Crippen LogP contribution in [0.1, 0.15) is 26.3 Å². The quantitative estimate of drug-likeness (QED) is 0.505. The predicted molar refractivity (Wildman–Crippen MR) is 116 cm³/mol. The fourth-order valence-electron chi connectivity index (χ4n) is 3.61. The van der Waals surface area contributed by atoms with E-state index in [2.05, 4.69) is 42.6 Å². The van der Waals surface area contributed by atoms with Gasteiger partial charge >= 0.3 is 5.97 Å². The van der Waals surface area contributed by atoms with Gasteiger partial charge in [-0.3, -0.25) is 9.69 Å². The Morgan fingerprint density at radius 1 is 1.17 bits per heavy atom. The first-order valence-corrected chi connectivity index (χ1v) is 10.4. The number of esters is 1. The summed E-state index contributed by atoms with van der Waals surface area (Å²) in [5, 5.41) is 10.5. The number of nitrogens with zero attached hydrogens (tertiary/aromatic N) is 2. The lowest BCUT2D eigenvalue weighted by Gasteiger charge is -2.37. The molecule has 0 bridgehead atoms. The molecular weight excluding hydrogens is 436 g/mol. The molecule has 6 nitrogen and oxygen atoms in total. The maximum Gasteiger partial charge on any atom is 0.338 e. The van der Waals surface area contributed by atoms with E-state index in [0.29, 0.717) is 19.3 Å². The van der Waals surface area contributed by atoms with Crippen molar-refractivity contribution in [2.75, 3.05) is 44.7 Å². The lowest BCUT2D eigenvalue weighted by atomic mass is 10.0. The Hall–Kier alpha value is -2.22. The molecular formula is C22H25BrN2O4. The lowest BCUT2D eigenvalue weighted by molar-refractivity contribution is 0.0598. The molecule has 0 amide bonds. The summed E-state index contributed by atoms with van der Waals surface area (Å²) in [6.45, 7) is 4.17. The first kappa shape index (κ1) is 21.5. The molecule has 0 aliphatic carbocycles. The molecule has 1 aliphatic rings. The number of carbonyl (C=O) groups excluding carboxylic acids is 2. The first-order valence-electron chi connectivity index (χ1n) is 9.57. The van der Waals surface area contributed by atoms with E-state index in [1.54, 1.807) is 18.2 Å². The standard InChI is InChI=1S/C22H25BrN2O4/c1-29-22(28)21-7-2-16(12-17(21)15-26)13-20(27)14-24-8-10-25(11-9-24)19-5-3-18(23)4-6-19/h2-7,12,15,20,27H,8-11,13-14H2,1H3. The molecule has 1 unspecified atom stereocenters. The van der Waals surface area contributed by atoms with Gasteiger partial charge in [0.05, 0.1) is 18.8 Å². The van der Waals surface area contributed by atoms with E-state index in [9.17, 15) is 14.7 Å². The van der Waals surface area contributed by atoms with Crippen LogP contribution in [-0.2, 0) is 11.2 Å². The number of aldehydes is 1. The van der Waals surface area contributed by atoms with E-state index in [1.807, 2.05) is 12.1 Å². The van der Waals surface area contributed by atoms with Crippen LogP contribution in [0.4, 0.5) is 5.69 Å². The fourth-order valence-corrected chi connectivity index (χ4v) is 3.87. The number of ether oxygens (including phenoxy) is 1. The fraction of sp³-hybridized carbons (Fsp3) is 0.364. The number of hydrogen-bond donors (Lipinski definition) is 1. The van der Waals surface area contributed by atoms with E-state index in [1.165, 1.54) is 12.8 Å². The van der Waals surface area contributed by atoms with Gasteiger partial charge in [0.1, 0.15) is 0 Å². The molecule has 7 heteroatoms. The number of rotatable bonds is 7. The molecule has 1 aliphatic heterocycles. The largest absolute Gasteiger partial charge is 0.465 e. The van der Waals surface area contributed by atoms with Crippen molar-refractivity contribution >= 4 is 33.9 Å². The molecule has 0 spiro atoms. The van der Waals surface area contributed by atoms with Gasteiger partial charge in [0.25, 0.3) is 0 Å². The highest BCUT2D eigenvalue weighted by molar-refractivity contribution is 9.10. The van der Waals surface area contributed by atoms with Gasteiger partial charge in [-0.15, -0.1) is 0 Å². The summed E-state index contributed by atoms with van der Waals surface area (Å²) in [5.74, 6) is -0.539. The van der Waals surface area contributed by atoms with E-state index < -0.39 is 12.1 Å². The van der Waals surface area contributed by atoms with Gasteiger partial charge in [-0.1, -0.05) is 22.0 Å². The monoisotopic (exact) mass is 460 g/mol. The van der Waals surface area contributed by atoms with Gasteiger partial charge in [-0.05, 0) is 48.4 Å². The number of anilines is 1. The summed E-state index contributed by atoms with van der Waals surface area (Å²) < 4.78 is 5.76. The minimum atomic E-state index is -0.544. The third-order valence-corrected chi connectivity index (χ3v) is 5.68. The minimum Gasteiger partial charge on any atom is -0.465 e. The van der Waals surface area contributed by atoms with Gasteiger partial charge in [0.2, 0.25) is 0 Å². The summed E-state index contributed by atoms with van der Waals surface area (Å²) in [6, 6.07) is 13.3. The van der Waals surface area contributed by atoms with E-state index >= 15 is 0 Å². The zero-order valence-electron chi connectivity index (χ0n) is 16.4. The number of aliphatic hydroxyl groups excluding tert-OH is 1. The summed E-state index contributed by atoms with van der Waals surface area (Å²) in [5.41, 5.74) is 2.55. The molecule has 1 saturated heterocycles. The molecule has 0 radical (unpaired) electrons. The molecule has 154 valence electrons. The van der Waals surface area contributed by atoms with E-state index in [4.69, 9.17) is 0 Å². The van der Waals surface area contributed by atoms with Crippen LogP contribution < -0.4 is 4.90 Å². The van der Waals surface area contributed by atoms with Crippen LogP contribution in [-0.4, -0.2) is 68.2 Å². The normalized spacial score (nSPS) is 15.8. The third-order valence-electron chi connectivity index (χ3n) is 5.15. The maximum absolute atomic E-state index is 11.7. The van der Waals surface area contributed by atoms with Crippen LogP contribution in [0.5, 0.6) is 0 Å². The topological polar surface area (TPSA) is 70.1 Å². The van der Waals surface area contributed by atoms with Crippen LogP contribution in [0.2, 0.25) is 0 Å². The molecule has 2 aromatic carbocycles. The highest BCUT2D eigenvalue weighted by Gasteiger charge is 2.20. The average Bonchev–Trinajstić information content (AvgIpc) is 2.74. The van der Waals surface area contributed by atoms with Gasteiger partial charge in [0, 0.05) is 48.4 Å². The Balaban J connectivity index is 1.52. The molecule has 3 rings (SSSR count). The van der Waals surface area contributed by atoms with Crippen molar-refractivity contribution in [3.8, 4) is 0 Å². The highest BCUT2D eigenvalue weighted by atomic mass is 79.9. The van der Waals surface area contributed by atoms with Crippen LogP contribution >= 0.6 is 15.9 Å². The number of carbonyl (C=O) groups is 2. The van der Waals surface area contributed by atoms with Gasteiger partial charge < -0.3 is 14.7 Å². The molecule has 29 heavy (non-hydrogen) atoms. The molecule has 2 aromatic rings. The van der Waals surface area contributed by atoms with Gasteiger partial charge in [-0.25, -0.2) is 4.79 Å². The second-order valence-electron chi connectivity index (χ2n) is 7.15. The first-order chi connectivity index (χ1) is 14.0. The second-order valence-corrected chi connectivity index (χ2v) is 8.07. The molecule has 0 aromatic heterocycles. The van der Waals surface area contributed by atoms with Crippen LogP contribution in [0.25, 0.3) is 0 Å². The van der Waals surface area contributed by atoms with Crippen molar-refractivity contribution in [2.45, 2.75) is 12.5 Å². The third kappa shape index (κ3) is 5.65. The Labute approximate surface area is 179 Å². The lowest BCUT2D eigenvalue weighted by Crippen LogP contribution is -2.48. The minimum absolute atomic E-state index is 0.241. The van der Waals surface area contributed by atoms with Gasteiger partial charge in [0.15, 0.2) is 6.29 Å². The Morgan fingerprint density at radius 3 is 2.48 bits per heavy atom. The zero-order chi connectivity index (χ0) is 20.8. The van der Waals surface area contributed by atoms with Crippen molar-refractivity contribution in [1.29, 1.82) is 0 Å². The number of aliphatic hydroxyl groups is 1. The summed E-state index contributed by atoms with van der Waals surface area (Å²) >= 11 is 3.46. The van der Waals surface area contributed by atoms with Crippen LogP contribution in [0.15, 0.2) is 46.9 Å². The summed E-state index contributed by atoms with van der Waals surface area (Å²) in [4.78, 5) is 27.6. The Morgan fingerprint density at radius 2 is 1.86 bits per heavy atom. The molecule has 1 heterocycles. The zero-order valence-corrected chi connectivity index (χ0v) is 18.0. The van der Waals surface area contributed by atoms with E-state index in [-0.39, 0.29) is 11.1 Å². The molecule has 0 saturated carbocycles. The van der Waals surface area contributed by atoms with Crippen LogP contribution in [0.3, 0.4) is 0 Å². The molecule has 1 atom stereocenters. The molecule has 1 fully saturated rings. The number of hydrogen-bond acceptors (Lipinski definition) is 6. The average molecular weight is 461 g/mol. The predicted octanol–water partition coefficient (Wildman–Crippen LogP) is 2.77. The Kier molecular flexibility index (Phi) is 7.41. The van der Waals surface area contributed by atoms with Crippen molar-refractivity contribution in [1.82, 2.24) is 4.90 Å². The SMILES string of the molecule is COC(=O)c1ccc(CC(O)CN2CCN(c3ccc(Br)cc3)CC2)cc1C=O. The summed E-state index contributed by atoms with van der Waals surface area (Å²) in [6.07, 6.45) is 0.524. The number of benzene rings is 2. The number of β-amino-alcohol motifs (C(OH)–C–C–N with tert-alkyl or cyclic N) is 1. The number of methoxy groups -OCH3 is 1. The summed E-state index contributed by atoms with van der Waals surface area (Å²) in [7, 11) is 1.28. The van der Waals surface area contributed by atoms with Crippen molar-refractivity contribution in [2.24, 2.45) is 0 Å². The number of halogens is 1. The van der Waals surface area contributed by atoms with Crippen molar-refractivity contribution in [3.05, 3.63) is 63.6 Å². The van der Waals surface area contributed by atoms with Crippen molar-refractivity contribution in [3.63, 3.8) is 0 Å². The smallest absolute Gasteiger partial charge is 0.338 e. The second kappa shape index (κ2) is 10.0. The van der Waals surface area contributed by atoms with Crippen molar-refractivity contribution < 1.29 is 19.4 Å². The number of piperazine rings is 1. The van der Waals surface area contributed by atoms with Crippen LogP contribution in [0, 0.1) is 0 Å². The molecule has 1 N–H and O–H groups in total.